The minimum atomic E-state index is -0.0523. The van der Waals surface area contributed by atoms with E-state index in [-0.39, 0.29) is 5.54 Å². The Morgan fingerprint density at radius 1 is 1.11 bits per heavy atom. The number of nitrogens with two attached hydrogens (primary N) is 1. The predicted octanol–water partition coefficient (Wildman–Crippen LogP) is 4.25. The molecule has 3 rings (SSSR count). The van der Waals surface area contributed by atoms with Crippen molar-refractivity contribution in [1.82, 2.24) is 0 Å². The fourth-order valence-electron chi connectivity index (χ4n) is 4.34. The van der Waals surface area contributed by atoms with Gasteiger partial charge < -0.3 is 5.73 Å². The number of hydrogen-bond donors (Lipinski definition) is 1. The molecule has 2 N–H and O–H groups in total. The van der Waals surface area contributed by atoms with Gasteiger partial charge in [-0.3, -0.25) is 0 Å². The molecule has 1 aromatic rings. The summed E-state index contributed by atoms with van der Waals surface area (Å²) in [6.07, 6.45) is 7.63. The number of hydrogen-bond acceptors (Lipinski definition) is 1. The lowest BCUT2D eigenvalue weighted by Crippen LogP contribution is -2.48. The number of fused-ring (bicyclic) bond motifs is 1. The molecule has 0 heterocycles. The van der Waals surface area contributed by atoms with Crippen molar-refractivity contribution in [3.05, 3.63) is 35.4 Å². The number of benzene rings is 1. The average molecular weight is 257 g/mol. The van der Waals surface area contributed by atoms with Crippen molar-refractivity contribution in [2.45, 2.75) is 57.9 Å². The molecular formula is C18H27N. The molecule has 0 spiro atoms. The Bertz CT molecular complexity index is 453. The predicted molar refractivity (Wildman–Crippen MR) is 80.9 cm³/mol. The SMILES string of the molecule is CC1CCC(C2(N)CCCc3ccccc32)CC1C. The molecular weight excluding hydrogens is 230 g/mol. The highest BCUT2D eigenvalue weighted by atomic mass is 14.8. The molecule has 0 saturated heterocycles. The summed E-state index contributed by atoms with van der Waals surface area (Å²) in [5.74, 6) is 2.38. The molecule has 0 aromatic heterocycles. The van der Waals surface area contributed by atoms with Crippen LogP contribution in [0.5, 0.6) is 0 Å². The normalized spacial score (nSPS) is 38.8. The maximum Gasteiger partial charge on any atom is 0.0441 e. The van der Waals surface area contributed by atoms with Gasteiger partial charge in [-0.25, -0.2) is 0 Å². The molecule has 0 radical (unpaired) electrons. The zero-order valence-electron chi connectivity index (χ0n) is 12.4. The van der Waals surface area contributed by atoms with Gasteiger partial charge in [0.05, 0.1) is 0 Å². The lowest BCUT2D eigenvalue weighted by Gasteiger charge is -2.46. The van der Waals surface area contributed by atoms with Crippen LogP contribution in [0.25, 0.3) is 0 Å². The summed E-state index contributed by atoms with van der Waals surface area (Å²) in [5.41, 5.74) is 9.85. The Morgan fingerprint density at radius 3 is 2.68 bits per heavy atom. The zero-order chi connectivity index (χ0) is 13.5. The highest BCUT2D eigenvalue weighted by molar-refractivity contribution is 5.36. The first-order chi connectivity index (χ1) is 9.11. The van der Waals surface area contributed by atoms with Gasteiger partial charge in [-0.1, -0.05) is 44.5 Å². The van der Waals surface area contributed by atoms with Crippen LogP contribution >= 0.6 is 0 Å². The van der Waals surface area contributed by atoms with Crippen LogP contribution < -0.4 is 5.73 Å². The van der Waals surface area contributed by atoms with E-state index >= 15 is 0 Å². The van der Waals surface area contributed by atoms with Crippen LogP contribution in [0.2, 0.25) is 0 Å². The monoisotopic (exact) mass is 257 g/mol. The van der Waals surface area contributed by atoms with Gasteiger partial charge in [0, 0.05) is 5.54 Å². The van der Waals surface area contributed by atoms with Crippen molar-refractivity contribution < 1.29 is 0 Å². The molecule has 1 aromatic carbocycles. The van der Waals surface area contributed by atoms with Crippen LogP contribution in [0.1, 0.15) is 57.1 Å². The van der Waals surface area contributed by atoms with E-state index in [1.807, 2.05) is 0 Å². The summed E-state index contributed by atoms with van der Waals surface area (Å²) in [6.45, 7) is 4.81. The molecule has 0 aliphatic heterocycles. The van der Waals surface area contributed by atoms with E-state index in [0.29, 0.717) is 5.92 Å². The van der Waals surface area contributed by atoms with Gasteiger partial charge in [0.1, 0.15) is 0 Å². The third-order valence-electron chi connectivity index (χ3n) is 5.88. The Balaban J connectivity index is 1.92. The van der Waals surface area contributed by atoms with Gasteiger partial charge in [0.2, 0.25) is 0 Å². The van der Waals surface area contributed by atoms with Crippen LogP contribution in [0, 0.1) is 17.8 Å². The first-order valence-corrected chi connectivity index (χ1v) is 7.98. The Hall–Kier alpha value is -0.820. The molecule has 1 heteroatoms. The smallest absolute Gasteiger partial charge is 0.0441 e. The van der Waals surface area contributed by atoms with Crippen LogP contribution in [0.3, 0.4) is 0 Å². The summed E-state index contributed by atoms with van der Waals surface area (Å²) >= 11 is 0. The zero-order valence-corrected chi connectivity index (χ0v) is 12.4. The van der Waals surface area contributed by atoms with E-state index in [1.165, 1.54) is 49.7 Å². The Kier molecular flexibility index (Phi) is 3.42. The van der Waals surface area contributed by atoms with Crippen molar-refractivity contribution in [2.75, 3.05) is 0 Å². The van der Waals surface area contributed by atoms with Crippen molar-refractivity contribution in [3.63, 3.8) is 0 Å². The van der Waals surface area contributed by atoms with E-state index in [4.69, 9.17) is 5.73 Å². The van der Waals surface area contributed by atoms with E-state index in [1.54, 1.807) is 0 Å². The molecule has 19 heavy (non-hydrogen) atoms. The van der Waals surface area contributed by atoms with Gasteiger partial charge in [0.15, 0.2) is 0 Å². The summed E-state index contributed by atoms with van der Waals surface area (Å²) in [7, 11) is 0. The van der Waals surface area contributed by atoms with E-state index < -0.39 is 0 Å². The summed E-state index contributed by atoms with van der Waals surface area (Å²) < 4.78 is 0. The van der Waals surface area contributed by atoms with Crippen molar-refractivity contribution >= 4 is 0 Å². The first-order valence-electron chi connectivity index (χ1n) is 7.98. The fraction of sp³-hybridized carbons (Fsp3) is 0.667. The maximum atomic E-state index is 6.95. The van der Waals surface area contributed by atoms with Gasteiger partial charge in [0.25, 0.3) is 0 Å². The third-order valence-corrected chi connectivity index (χ3v) is 5.88. The van der Waals surface area contributed by atoms with Crippen LogP contribution in [0.15, 0.2) is 24.3 Å². The lowest BCUT2D eigenvalue weighted by molar-refractivity contribution is 0.119. The second kappa shape index (κ2) is 4.94. The van der Waals surface area contributed by atoms with E-state index in [0.717, 1.165) is 11.8 Å². The van der Waals surface area contributed by atoms with Crippen LogP contribution in [-0.2, 0) is 12.0 Å². The molecule has 1 fully saturated rings. The number of rotatable bonds is 1. The molecule has 4 atom stereocenters. The molecule has 2 aliphatic rings. The standard InChI is InChI=1S/C18H27N/c1-13-9-10-16(12-14(13)2)18(19)11-5-7-15-6-3-4-8-17(15)18/h3-4,6,8,13-14,16H,5,7,9-12,19H2,1-2H3. The molecule has 0 bridgehead atoms. The summed E-state index contributed by atoms with van der Waals surface area (Å²) in [6, 6.07) is 8.90. The highest BCUT2D eigenvalue weighted by Crippen LogP contribution is 2.46. The molecule has 104 valence electrons. The molecule has 1 saturated carbocycles. The topological polar surface area (TPSA) is 26.0 Å². The Morgan fingerprint density at radius 2 is 1.89 bits per heavy atom. The van der Waals surface area contributed by atoms with Gasteiger partial charge in [-0.15, -0.1) is 0 Å². The lowest BCUT2D eigenvalue weighted by atomic mass is 9.62. The minimum Gasteiger partial charge on any atom is -0.321 e. The van der Waals surface area contributed by atoms with Crippen molar-refractivity contribution in [1.29, 1.82) is 0 Å². The summed E-state index contributed by atoms with van der Waals surface area (Å²) in [4.78, 5) is 0. The molecule has 4 unspecified atom stereocenters. The fourth-order valence-corrected chi connectivity index (χ4v) is 4.34. The van der Waals surface area contributed by atoms with Crippen LogP contribution in [-0.4, -0.2) is 0 Å². The number of aryl methyl sites for hydroxylation is 1. The van der Waals surface area contributed by atoms with Gasteiger partial charge >= 0.3 is 0 Å². The maximum absolute atomic E-state index is 6.95. The Labute approximate surface area is 117 Å². The van der Waals surface area contributed by atoms with E-state index in [2.05, 4.69) is 38.1 Å². The molecule has 0 amide bonds. The molecule has 1 nitrogen and oxygen atoms in total. The second-order valence-electron chi connectivity index (χ2n) is 7.02. The van der Waals surface area contributed by atoms with Gasteiger partial charge in [-0.2, -0.15) is 0 Å². The third kappa shape index (κ3) is 2.23. The van der Waals surface area contributed by atoms with E-state index in [9.17, 15) is 0 Å². The van der Waals surface area contributed by atoms with Crippen LogP contribution in [0.4, 0.5) is 0 Å². The quantitative estimate of drug-likeness (QED) is 0.799. The molecule has 2 aliphatic carbocycles. The van der Waals surface area contributed by atoms with Gasteiger partial charge in [-0.05, 0) is 61.0 Å². The highest BCUT2D eigenvalue weighted by Gasteiger charge is 2.42. The second-order valence-corrected chi connectivity index (χ2v) is 7.02. The largest absolute Gasteiger partial charge is 0.321 e. The minimum absolute atomic E-state index is 0.0523. The van der Waals surface area contributed by atoms with Crippen molar-refractivity contribution in [2.24, 2.45) is 23.5 Å². The summed E-state index contributed by atoms with van der Waals surface area (Å²) in [5, 5.41) is 0. The average Bonchev–Trinajstić information content (AvgIpc) is 2.42. The van der Waals surface area contributed by atoms with Crippen molar-refractivity contribution in [3.8, 4) is 0 Å². The first kappa shape index (κ1) is 13.2.